The van der Waals surface area contributed by atoms with Gasteiger partial charge in [0.05, 0.1) is 6.08 Å². The van der Waals surface area contributed by atoms with Gasteiger partial charge in [0.1, 0.15) is 11.4 Å². The largest absolute Gasteiger partial charge is 0.512 e. The fourth-order valence-corrected chi connectivity index (χ4v) is 0.949. The molecule has 1 rings (SSSR count). The van der Waals surface area contributed by atoms with Crippen molar-refractivity contribution in [2.45, 2.75) is 39.2 Å². The maximum absolute atomic E-state index is 11.1. The first kappa shape index (κ1) is 14.0. The summed E-state index contributed by atoms with van der Waals surface area (Å²) in [6, 6.07) is 0. The molecule has 0 aromatic rings. The van der Waals surface area contributed by atoms with Gasteiger partial charge < -0.3 is 14.9 Å². The molecular weight excluding hydrogens is 196 g/mol. The van der Waals surface area contributed by atoms with E-state index in [-0.39, 0.29) is 11.7 Å². The van der Waals surface area contributed by atoms with E-state index in [2.05, 4.69) is 0 Å². The number of aliphatic hydroxyl groups excluding tert-OH is 2. The van der Waals surface area contributed by atoms with Gasteiger partial charge in [0.15, 0.2) is 0 Å². The van der Waals surface area contributed by atoms with Crippen molar-refractivity contribution in [3.63, 3.8) is 0 Å². The van der Waals surface area contributed by atoms with Crippen molar-refractivity contribution < 1.29 is 19.7 Å². The van der Waals surface area contributed by atoms with Crippen molar-refractivity contribution in [1.29, 1.82) is 0 Å². The first-order chi connectivity index (χ1) is 6.88. The average Bonchev–Trinajstić information content (AvgIpc) is 2.85. The van der Waals surface area contributed by atoms with Gasteiger partial charge in [0.25, 0.3) is 0 Å². The van der Waals surface area contributed by atoms with Crippen molar-refractivity contribution in [2.75, 3.05) is 7.11 Å². The molecule has 15 heavy (non-hydrogen) atoms. The van der Waals surface area contributed by atoms with Gasteiger partial charge in [0, 0.05) is 13.0 Å². The molecule has 0 heterocycles. The fraction of sp³-hybridized carbons (Fsp3) is 0.727. The molecule has 1 aliphatic carbocycles. The summed E-state index contributed by atoms with van der Waals surface area (Å²) < 4.78 is 5.01. The molecular formula is C11H20O4. The Morgan fingerprint density at radius 3 is 2.13 bits per heavy atom. The molecule has 0 amide bonds. The molecule has 4 nitrogen and oxygen atoms in total. The number of hydrogen-bond donors (Lipinski definition) is 2. The van der Waals surface area contributed by atoms with Gasteiger partial charge in [-0.15, -0.1) is 0 Å². The molecule has 1 fully saturated rings. The van der Waals surface area contributed by atoms with Crippen molar-refractivity contribution in [1.82, 2.24) is 0 Å². The van der Waals surface area contributed by atoms with E-state index in [0.29, 0.717) is 0 Å². The summed E-state index contributed by atoms with van der Waals surface area (Å²) in [4.78, 5) is 11.1. The van der Waals surface area contributed by atoms with E-state index in [1.807, 2.05) is 0 Å². The first-order valence-electron chi connectivity index (χ1n) is 4.97. The van der Waals surface area contributed by atoms with E-state index in [1.165, 1.54) is 6.08 Å². The Labute approximate surface area is 90.6 Å². The van der Waals surface area contributed by atoms with Crippen LogP contribution in [0.15, 0.2) is 11.8 Å². The highest BCUT2D eigenvalue weighted by molar-refractivity contribution is 5.82. The molecule has 0 spiro atoms. The van der Waals surface area contributed by atoms with Crippen LogP contribution < -0.4 is 0 Å². The summed E-state index contributed by atoms with van der Waals surface area (Å²) in [7, 11) is 1.00. The van der Waals surface area contributed by atoms with Gasteiger partial charge in [-0.1, -0.05) is 0 Å². The van der Waals surface area contributed by atoms with Crippen molar-refractivity contribution in [2.24, 2.45) is 5.92 Å². The monoisotopic (exact) mass is 216 g/mol. The second-order valence-corrected chi connectivity index (χ2v) is 4.38. The molecule has 2 N–H and O–H groups in total. The van der Waals surface area contributed by atoms with Crippen LogP contribution in [-0.4, -0.2) is 28.9 Å². The minimum atomic E-state index is -0.489. The van der Waals surface area contributed by atoms with Gasteiger partial charge in [-0.2, -0.15) is 0 Å². The zero-order chi connectivity index (χ0) is 12.1. The third kappa shape index (κ3) is 6.96. The maximum Gasteiger partial charge on any atom is 0.334 e. The summed E-state index contributed by atoms with van der Waals surface area (Å²) in [5, 5.41) is 16.3. The van der Waals surface area contributed by atoms with Crippen molar-refractivity contribution in [3.05, 3.63) is 11.8 Å². The third-order valence-electron chi connectivity index (χ3n) is 1.67. The van der Waals surface area contributed by atoms with E-state index in [9.17, 15) is 9.90 Å². The molecule has 1 aliphatic rings. The maximum atomic E-state index is 11.1. The third-order valence-corrected chi connectivity index (χ3v) is 1.67. The number of allylic oxidation sites excluding steroid dienone is 1. The Balaban J connectivity index is 0.000000921. The van der Waals surface area contributed by atoms with Crippen LogP contribution in [0.3, 0.4) is 0 Å². The zero-order valence-corrected chi connectivity index (χ0v) is 9.78. The van der Waals surface area contributed by atoms with Gasteiger partial charge in [-0.05, 0) is 33.6 Å². The molecule has 0 bridgehead atoms. The van der Waals surface area contributed by atoms with Crippen LogP contribution in [0.25, 0.3) is 0 Å². The molecule has 0 atom stereocenters. The molecule has 88 valence electrons. The minimum absolute atomic E-state index is 0.161. The Morgan fingerprint density at radius 1 is 1.33 bits per heavy atom. The predicted molar refractivity (Wildman–Crippen MR) is 57.4 cm³/mol. The molecule has 0 aliphatic heterocycles. The van der Waals surface area contributed by atoms with E-state index in [4.69, 9.17) is 9.84 Å². The second kappa shape index (κ2) is 5.75. The van der Waals surface area contributed by atoms with E-state index in [1.54, 1.807) is 20.8 Å². The van der Waals surface area contributed by atoms with Crippen LogP contribution >= 0.6 is 0 Å². The first-order valence-corrected chi connectivity index (χ1v) is 4.97. The number of hydrogen-bond acceptors (Lipinski definition) is 4. The lowest BCUT2D eigenvalue weighted by Crippen LogP contribution is -2.22. The van der Waals surface area contributed by atoms with E-state index in [0.717, 1.165) is 20.0 Å². The molecule has 0 unspecified atom stereocenters. The van der Waals surface area contributed by atoms with Crippen LogP contribution in [0, 0.1) is 5.92 Å². The number of rotatable bonds is 2. The average molecular weight is 216 g/mol. The van der Waals surface area contributed by atoms with Crippen LogP contribution in [0.2, 0.25) is 0 Å². The highest BCUT2D eigenvalue weighted by Crippen LogP contribution is 2.34. The predicted octanol–water partition coefficient (Wildman–Crippen LogP) is 1.79. The highest BCUT2D eigenvalue weighted by Gasteiger charge is 2.27. The molecule has 0 aromatic heterocycles. The van der Waals surface area contributed by atoms with Gasteiger partial charge >= 0.3 is 5.97 Å². The summed E-state index contributed by atoms with van der Waals surface area (Å²) in [6.07, 6.45) is 3.14. The van der Waals surface area contributed by atoms with E-state index >= 15 is 0 Å². The van der Waals surface area contributed by atoms with Gasteiger partial charge in [-0.3, -0.25) is 0 Å². The molecule has 0 radical (unpaired) electrons. The van der Waals surface area contributed by atoms with Crippen LogP contribution in [0.1, 0.15) is 33.6 Å². The Hall–Kier alpha value is -1.03. The van der Waals surface area contributed by atoms with Crippen LogP contribution in [0.5, 0.6) is 0 Å². The quantitative estimate of drug-likeness (QED) is 0.419. The lowest BCUT2D eigenvalue weighted by molar-refractivity contribution is -0.148. The molecule has 4 heteroatoms. The van der Waals surface area contributed by atoms with Crippen molar-refractivity contribution in [3.8, 4) is 0 Å². The number of aliphatic hydroxyl groups is 2. The van der Waals surface area contributed by atoms with Crippen LogP contribution in [0.4, 0.5) is 0 Å². The minimum Gasteiger partial charge on any atom is -0.512 e. The van der Waals surface area contributed by atoms with Crippen molar-refractivity contribution >= 4 is 5.97 Å². The molecule has 0 saturated heterocycles. The zero-order valence-electron chi connectivity index (χ0n) is 9.78. The summed E-state index contributed by atoms with van der Waals surface area (Å²) in [6.45, 7) is 5.40. The van der Waals surface area contributed by atoms with Gasteiger partial charge in [0.2, 0.25) is 0 Å². The Bertz CT molecular complexity index is 233. The fourth-order valence-electron chi connectivity index (χ4n) is 0.949. The summed E-state index contributed by atoms with van der Waals surface area (Å²) >= 11 is 0. The van der Waals surface area contributed by atoms with Gasteiger partial charge in [-0.25, -0.2) is 4.79 Å². The smallest absolute Gasteiger partial charge is 0.334 e. The second-order valence-electron chi connectivity index (χ2n) is 4.38. The number of carbonyl (C=O) groups is 1. The molecule has 0 aromatic carbocycles. The Kier molecular flexibility index (Phi) is 5.36. The number of carbonyl (C=O) groups excluding carboxylic acids is 1. The van der Waals surface area contributed by atoms with Crippen LogP contribution in [-0.2, 0) is 9.53 Å². The SMILES string of the molecule is CC(C)(C)OC(=O)C=C(O)C1CC1.CO. The standard InChI is InChI=1S/C10H16O3.CH4O/c1-10(2,3)13-9(12)6-8(11)7-4-5-7;1-2/h6-7,11H,4-5H2,1-3H3;2H,1H3. The normalized spacial score (nSPS) is 16.5. The number of ether oxygens (including phenoxy) is 1. The summed E-state index contributed by atoms with van der Waals surface area (Å²) in [5.74, 6) is -0.0985. The highest BCUT2D eigenvalue weighted by atomic mass is 16.6. The molecule has 1 saturated carbocycles. The van der Waals surface area contributed by atoms with E-state index < -0.39 is 11.6 Å². The summed E-state index contributed by atoms with van der Waals surface area (Å²) in [5.41, 5.74) is -0.489. The topological polar surface area (TPSA) is 66.8 Å². The lowest BCUT2D eigenvalue weighted by atomic mass is 10.2. The number of esters is 1. The Morgan fingerprint density at radius 2 is 1.80 bits per heavy atom. The lowest BCUT2D eigenvalue weighted by Gasteiger charge is -2.18.